The third-order valence-corrected chi connectivity index (χ3v) is 7.00. The fourth-order valence-corrected chi connectivity index (χ4v) is 4.17. The van der Waals surface area contributed by atoms with E-state index >= 15 is 0 Å². The molecule has 0 heterocycles. The molecular formula is C18H21ClN2O3S2. The molecule has 0 aliphatic rings. The summed E-state index contributed by atoms with van der Waals surface area (Å²) in [6.45, 7) is 4.02. The van der Waals surface area contributed by atoms with E-state index in [4.69, 9.17) is 11.6 Å². The standard InChI is InChI=1S/C18H21ClN2O3S2/c1-12-5-8-17(13(2)9-12)25-11-18(22)20-16-10-14(6-7-15(16)19)26(23,24)21(3)4/h5-10H,11H2,1-4H3,(H,20,22). The maximum absolute atomic E-state index is 12.3. The van der Waals surface area contributed by atoms with Gasteiger partial charge in [0.25, 0.3) is 0 Å². The van der Waals surface area contributed by atoms with Gasteiger partial charge >= 0.3 is 0 Å². The first-order valence-electron chi connectivity index (χ1n) is 7.83. The molecule has 0 fully saturated rings. The highest BCUT2D eigenvalue weighted by molar-refractivity contribution is 8.00. The number of nitrogens with zero attached hydrogens (tertiary/aromatic N) is 1. The SMILES string of the molecule is Cc1ccc(SCC(=O)Nc2cc(S(=O)(=O)N(C)C)ccc2Cl)c(C)c1. The zero-order valence-electron chi connectivity index (χ0n) is 15.0. The minimum Gasteiger partial charge on any atom is -0.324 e. The summed E-state index contributed by atoms with van der Waals surface area (Å²) >= 11 is 7.52. The van der Waals surface area contributed by atoms with E-state index in [0.717, 1.165) is 14.8 Å². The minimum atomic E-state index is -3.60. The first kappa shape index (κ1) is 20.8. The van der Waals surface area contributed by atoms with Gasteiger partial charge < -0.3 is 5.32 Å². The number of thioether (sulfide) groups is 1. The summed E-state index contributed by atoms with van der Waals surface area (Å²) < 4.78 is 25.6. The van der Waals surface area contributed by atoms with E-state index in [1.807, 2.05) is 26.0 Å². The average molecular weight is 413 g/mol. The van der Waals surface area contributed by atoms with Crippen LogP contribution < -0.4 is 5.32 Å². The Bertz CT molecular complexity index is 928. The maximum Gasteiger partial charge on any atom is 0.242 e. The first-order chi connectivity index (χ1) is 12.1. The van der Waals surface area contributed by atoms with Crippen molar-refractivity contribution in [1.29, 1.82) is 0 Å². The molecule has 2 aromatic rings. The number of nitrogens with one attached hydrogen (secondary N) is 1. The van der Waals surface area contributed by atoms with Crippen molar-refractivity contribution in [3.8, 4) is 0 Å². The highest BCUT2D eigenvalue weighted by Crippen LogP contribution is 2.27. The fourth-order valence-electron chi connectivity index (χ4n) is 2.26. The molecule has 1 amide bonds. The smallest absolute Gasteiger partial charge is 0.242 e. The van der Waals surface area contributed by atoms with Gasteiger partial charge in [0, 0.05) is 19.0 Å². The van der Waals surface area contributed by atoms with E-state index in [0.29, 0.717) is 0 Å². The van der Waals surface area contributed by atoms with Gasteiger partial charge in [0.1, 0.15) is 0 Å². The van der Waals surface area contributed by atoms with Crippen molar-refractivity contribution in [2.45, 2.75) is 23.6 Å². The molecule has 0 unspecified atom stereocenters. The van der Waals surface area contributed by atoms with Crippen LogP contribution in [0.3, 0.4) is 0 Å². The Labute approximate surface area is 163 Å². The van der Waals surface area contributed by atoms with Gasteiger partial charge in [-0.3, -0.25) is 4.79 Å². The van der Waals surface area contributed by atoms with Crippen LogP contribution in [0.5, 0.6) is 0 Å². The van der Waals surface area contributed by atoms with Gasteiger partial charge in [-0.1, -0.05) is 29.3 Å². The van der Waals surface area contributed by atoms with Gasteiger partial charge in [0.2, 0.25) is 15.9 Å². The Kier molecular flexibility index (Phi) is 6.74. The molecule has 0 atom stereocenters. The van der Waals surface area contributed by atoms with Crippen LogP contribution in [0.2, 0.25) is 5.02 Å². The van der Waals surface area contributed by atoms with Crippen LogP contribution in [0.15, 0.2) is 46.2 Å². The van der Waals surface area contributed by atoms with Crippen LogP contribution in [0.1, 0.15) is 11.1 Å². The second-order valence-corrected chi connectivity index (χ2v) is 9.61. The number of amides is 1. The molecule has 2 aromatic carbocycles. The number of benzene rings is 2. The molecule has 0 saturated heterocycles. The van der Waals surface area contributed by atoms with Crippen LogP contribution in [0.4, 0.5) is 5.69 Å². The van der Waals surface area contributed by atoms with Crippen LogP contribution >= 0.6 is 23.4 Å². The maximum atomic E-state index is 12.3. The van der Waals surface area contributed by atoms with Crippen LogP contribution in [-0.2, 0) is 14.8 Å². The molecule has 0 aromatic heterocycles. The Balaban J connectivity index is 2.11. The predicted octanol–water partition coefficient (Wildman–Crippen LogP) is 3.94. The number of anilines is 1. The van der Waals surface area contributed by atoms with Gasteiger partial charge in [-0.25, -0.2) is 12.7 Å². The number of hydrogen-bond acceptors (Lipinski definition) is 4. The van der Waals surface area contributed by atoms with E-state index in [1.54, 1.807) is 0 Å². The third kappa shape index (κ3) is 5.01. The third-order valence-electron chi connectivity index (χ3n) is 3.68. The zero-order chi connectivity index (χ0) is 19.5. The van der Waals surface area contributed by atoms with E-state index in [-0.39, 0.29) is 27.3 Å². The van der Waals surface area contributed by atoms with Gasteiger partial charge in [-0.2, -0.15) is 0 Å². The number of hydrogen-bond donors (Lipinski definition) is 1. The number of aryl methyl sites for hydroxylation is 2. The molecule has 0 saturated carbocycles. The summed E-state index contributed by atoms with van der Waals surface area (Å²) in [7, 11) is -0.704. The number of sulfonamides is 1. The van der Waals surface area contributed by atoms with Crippen LogP contribution in [0, 0.1) is 13.8 Å². The molecule has 2 rings (SSSR count). The molecule has 0 spiro atoms. The van der Waals surface area contributed by atoms with Crippen molar-refractivity contribution >= 4 is 45.0 Å². The topological polar surface area (TPSA) is 66.5 Å². The van der Waals surface area contributed by atoms with E-state index in [1.165, 1.54) is 49.6 Å². The monoisotopic (exact) mass is 412 g/mol. The molecule has 5 nitrogen and oxygen atoms in total. The van der Waals surface area contributed by atoms with Crippen molar-refractivity contribution in [3.63, 3.8) is 0 Å². The van der Waals surface area contributed by atoms with E-state index in [9.17, 15) is 13.2 Å². The molecule has 26 heavy (non-hydrogen) atoms. The van der Waals surface area contributed by atoms with Crippen molar-refractivity contribution in [2.75, 3.05) is 25.2 Å². The molecule has 140 valence electrons. The van der Waals surface area contributed by atoms with Crippen molar-refractivity contribution < 1.29 is 13.2 Å². The molecule has 8 heteroatoms. The fraction of sp³-hybridized carbons (Fsp3) is 0.278. The number of halogens is 1. The Morgan fingerprint density at radius 1 is 1.15 bits per heavy atom. The summed E-state index contributed by atoms with van der Waals surface area (Å²) in [5.41, 5.74) is 2.56. The summed E-state index contributed by atoms with van der Waals surface area (Å²) in [6.07, 6.45) is 0. The number of rotatable bonds is 6. The predicted molar refractivity (Wildman–Crippen MR) is 108 cm³/mol. The van der Waals surface area contributed by atoms with Crippen LogP contribution in [0.25, 0.3) is 0 Å². The Morgan fingerprint density at radius 2 is 1.85 bits per heavy atom. The summed E-state index contributed by atoms with van der Waals surface area (Å²) in [4.78, 5) is 13.4. The summed E-state index contributed by atoms with van der Waals surface area (Å²) in [5.74, 6) is -0.0542. The van der Waals surface area contributed by atoms with Crippen molar-refractivity contribution in [3.05, 3.63) is 52.5 Å². The molecule has 0 radical (unpaired) electrons. The van der Waals surface area contributed by atoms with Gasteiger partial charge in [0.15, 0.2) is 0 Å². The lowest BCUT2D eigenvalue weighted by atomic mass is 10.2. The zero-order valence-corrected chi connectivity index (χ0v) is 17.4. The van der Waals surface area contributed by atoms with Gasteiger partial charge in [0.05, 0.1) is 21.4 Å². The minimum absolute atomic E-state index is 0.0734. The summed E-state index contributed by atoms with van der Waals surface area (Å²) in [6, 6.07) is 10.3. The molecule has 1 N–H and O–H groups in total. The Morgan fingerprint density at radius 3 is 2.46 bits per heavy atom. The van der Waals surface area contributed by atoms with E-state index in [2.05, 4.69) is 11.4 Å². The van der Waals surface area contributed by atoms with Crippen molar-refractivity contribution in [2.24, 2.45) is 0 Å². The second-order valence-electron chi connectivity index (χ2n) is 6.03. The highest BCUT2D eigenvalue weighted by atomic mass is 35.5. The largest absolute Gasteiger partial charge is 0.324 e. The lowest BCUT2D eigenvalue weighted by Crippen LogP contribution is -2.22. The molecule has 0 bridgehead atoms. The summed E-state index contributed by atoms with van der Waals surface area (Å²) in [5, 5.41) is 2.97. The lowest BCUT2D eigenvalue weighted by Gasteiger charge is -2.14. The number of carbonyl (C=O) groups is 1. The molecule has 0 aliphatic heterocycles. The molecule has 0 aliphatic carbocycles. The van der Waals surface area contributed by atoms with Crippen molar-refractivity contribution in [1.82, 2.24) is 4.31 Å². The Hall–Kier alpha value is -1.54. The van der Waals surface area contributed by atoms with Gasteiger partial charge in [-0.05, 0) is 43.7 Å². The second kappa shape index (κ2) is 8.43. The molecular weight excluding hydrogens is 392 g/mol. The quantitative estimate of drug-likeness (QED) is 0.730. The average Bonchev–Trinajstić information content (AvgIpc) is 2.55. The lowest BCUT2D eigenvalue weighted by molar-refractivity contribution is -0.113. The van der Waals surface area contributed by atoms with Crippen LogP contribution in [-0.4, -0.2) is 38.5 Å². The van der Waals surface area contributed by atoms with Gasteiger partial charge in [-0.15, -0.1) is 11.8 Å². The highest BCUT2D eigenvalue weighted by Gasteiger charge is 2.19. The van der Waals surface area contributed by atoms with E-state index < -0.39 is 10.0 Å². The first-order valence-corrected chi connectivity index (χ1v) is 10.6. The normalized spacial score (nSPS) is 11.6. The number of carbonyl (C=O) groups excluding carboxylic acids is 1.